The van der Waals surface area contributed by atoms with E-state index < -0.39 is 0 Å². The molecule has 0 spiro atoms. The summed E-state index contributed by atoms with van der Waals surface area (Å²) >= 11 is 9.76. The number of benzene rings is 1. The highest BCUT2D eigenvalue weighted by Crippen LogP contribution is 2.36. The van der Waals surface area contributed by atoms with E-state index in [4.69, 9.17) is 17.3 Å². The minimum atomic E-state index is 0.407. The molecule has 1 aliphatic heterocycles. The van der Waals surface area contributed by atoms with E-state index in [9.17, 15) is 0 Å². The van der Waals surface area contributed by atoms with E-state index in [-0.39, 0.29) is 0 Å². The van der Waals surface area contributed by atoms with Crippen LogP contribution < -0.4 is 5.73 Å². The fourth-order valence-corrected chi connectivity index (χ4v) is 4.36. The summed E-state index contributed by atoms with van der Waals surface area (Å²) in [5.41, 5.74) is 7.49. The topological polar surface area (TPSA) is 29.3 Å². The highest BCUT2D eigenvalue weighted by Gasteiger charge is 2.38. The van der Waals surface area contributed by atoms with Gasteiger partial charge in [0.1, 0.15) is 0 Å². The van der Waals surface area contributed by atoms with Crippen molar-refractivity contribution >= 4 is 27.5 Å². The average Bonchev–Trinajstić information content (AvgIpc) is 2.77. The Morgan fingerprint density at radius 1 is 1.32 bits per heavy atom. The lowest BCUT2D eigenvalue weighted by Crippen LogP contribution is -2.38. The lowest BCUT2D eigenvalue weighted by molar-refractivity contribution is 0.259. The van der Waals surface area contributed by atoms with E-state index in [0.29, 0.717) is 12.0 Å². The summed E-state index contributed by atoms with van der Waals surface area (Å²) in [5.74, 6) is 1.50. The number of rotatable bonds is 2. The number of nitrogens with two attached hydrogens (primary N) is 1. The third-order valence-corrected chi connectivity index (χ3v) is 5.48. The van der Waals surface area contributed by atoms with Gasteiger partial charge in [0.05, 0.1) is 0 Å². The molecule has 1 saturated carbocycles. The molecule has 1 heterocycles. The van der Waals surface area contributed by atoms with Crippen LogP contribution in [0.15, 0.2) is 22.7 Å². The molecule has 2 N–H and O–H groups in total. The molecule has 3 atom stereocenters. The van der Waals surface area contributed by atoms with Gasteiger partial charge in [0.25, 0.3) is 0 Å². The van der Waals surface area contributed by atoms with Crippen molar-refractivity contribution in [2.24, 2.45) is 17.6 Å². The van der Waals surface area contributed by atoms with Crippen LogP contribution in [0.25, 0.3) is 0 Å². The second-order valence-electron chi connectivity index (χ2n) is 5.95. The molecule has 0 bridgehead atoms. The fourth-order valence-electron chi connectivity index (χ4n) is 3.63. The van der Waals surface area contributed by atoms with Gasteiger partial charge >= 0.3 is 0 Å². The van der Waals surface area contributed by atoms with Crippen molar-refractivity contribution in [2.75, 3.05) is 13.1 Å². The number of hydrogen-bond acceptors (Lipinski definition) is 2. The summed E-state index contributed by atoms with van der Waals surface area (Å²) in [6.45, 7) is 3.27. The van der Waals surface area contributed by atoms with Gasteiger partial charge in [-0.25, -0.2) is 0 Å². The van der Waals surface area contributed by atoms with E-state index in [1.807, 2.05) is 6.07 Å². The SMILES string of the molecule is NC1CCCC2CN(Cc3ccc(Br)cc3Cl)CC12. The summed E-state index contributed by atoms with van der Waals surface area (Å²) in [7, 11) is 0. The number of fused-ring (bicyclic) bond motifs is 1. The Bertz CT molecular complexity index is 465. The van der Waals surface area contributed by atoms with E-state index in [0.717, 1.165) is 28.5 Å². The normalized spacial score (nSPS) is 31.4. The maximum Gasteiger partial charge on any atom is 0.0462 e. The Morgan fingerprint density at radius 2 is 2.16 bits per heavy atom. The van der Waals surface area contributed by atoms with Crippen LogP contribution in [0.3, 0.4) is 0 Å². The molecule has 1 saturated heterocycles. The van der Waals surface area contributed by atoms with Crippen LogP contribution in [0, 0.1) is 11.8 Å². The fraction of sp³-hybridized carbons (Fsp3) is 0.600. The van der Waals surface area contributed by atoms with Crippen LogP contribution >= 0.6 is 27.5 Å². The van der Waals surface area contributed by atoms with Crippen LogP contribution in [0.2, 0.25) is 5.02 Å². The van der Waals surface area contributed by atoms with Crippen molar-refractivity contribution in [1.29, 1.82) is 0 Å². The molecule has 1 aromatic rings. The number of halogens is 2. The molecule has 1 aliphatic carbocycles. The van der Waals surface area contributed by atoms with Crippen LogP contribution in [0.1, 0.15) is 24.8 Å². The van der Waals surface area contributed by atoms with Gasteiger partial charge in [-0.3, -0.25) is 4.90 Å². The monoisotopic (exact) mass is 342 g/mol. The largest absolute Gasteiger partial charge is 0.327 e. The van der Waals surface area contributed by atoms with Crippen LogP contribution in [-0.2, 0) is 6.54 Å². The second kappa shape index (κ2) is 5.72. The molecule has 2 nitrogen and oxygen atoms in total. The molecule has 0 aromatic heterocycles. The Hall–Kier alpha value is -0.0900. The predicted molar refractivity (Wildman–Crippen MR) is 83.2 cm³/mol. The predicted octanol–water partition coefficient (Wildman–Crippen LogP) is 3.66. The van der Waals surface area contributed by atoms with Crippen molar-refractivity contribution in [2.45, 2.75) is 31.8 Å². The molecule has 0 amide bonds. The zero-order valence-corrected chi connectivity index (χ0v) is 13.3. The van der Waals surface area contributed by atoms with Gasteiger partial charge in [-0.05, 0) is 42.4 Å². The lowest BCUT2D eigenvalue weighted by Gasteiger charge is -2.29. The molecule has 104 valence electrons. The van der Waals surface area contributed by atoms with Gasteiger partial charge in [-0.15, -0.1) is 0 Å². The summed E-state index contributed by atoms with van der Waals surface area (Å²) in [5, 5.41) is 0.855. The average molecular weight is 344 g/mol. The summed E-state index contributed by atoms with van der Waals surface area (Å²) in [6, 6.07) is 6.57. The van der Waals surface area contributed by atoms with Gasteiger partial charge in [-0.1, -0.05) is 40.0 Å². The molecule has 4 heteroatoms. The molecular weight excluding hydrogens is 324 g/mol. The van der Waals surface area contributed by atoms with Crippen molar-refractivity contribution < 1.29 is 0 Å². The molecule has 3 unspecified atom stereocenters. The summed E-state index contributed by atoms with van der Waals surface area (Å²) < 4.78 is 1.04. The Morgan fingerprint density at radius 3 is 2.89 bits per heavy atom. The molecule has 2 aliphatic rings. The highest BCUT2D eigenvalue weighted by molar-refractivity contribution is 9.10. The maximum absolute atomic E-state index is 6.31. The zero-order valence-electron chi connectivity index (χ0n) is 11.0. The first kappa shape index (κ1) is 13.9. The molecule has 0 radical (unpaired) electrons. The van der Waals surface area contributed by atoms with E-state index in [2.05, 4.69) is 33.0 Å². The second-order valence-corrected chi connectivity index (χ2v) is 7.27. The van der Waals surface area contributed by atoms with Crippen molar-refractivity contribution in [3.05, 3.63) is 33.3 Å². The van der Waals surface area contributed by atoms with Gasteiger partial charge in [0, 0.05) is 35.2 Å². The smallest absolute Gasteiger partial charge is 0.0462 e. The van der Waals surface area contributed by atoms with Gasteiger partial charge in [0.15, 0.2) is 0 Å². The van der Waals surface area contributed by atoms with Crippen LogP contribution in [0.4, 0.5) is 0 Å². The Labute approximate surface area is 128 Å². The molecule has 3 rings (SSSR count). The van der Waals surface area contributed by atoms with Gasteiger partial charge in [0.2, 0.25) is 0 Å². The van der Waals surface area contributed by atoms with Crippen molar-refractivity contribution in [3.8, 4) is 0 Å². The zero-order chi connectivity index (χ0) is 13.4. The first-order chi connectivity index (χ1) is 9.13. The number of nitrogens with zero attached hydrogens (tertiary/aromatic N) is 1. The third-order valence-electron chi connectivity index (χ3n) is 4.64. The van der Waals surface area contributed by atoms with E-state index in [1.165, 1.54) is 31.4 Å². The minimum Gasteiger partial charge on any atom is -0.327 e. The molecular formula is C15H20BrClN2. The van der Waals surface area contributed by atoms with Crippen LogP contribution in [-0.4, -0.2) is 24.0 Å². The highest BCUT2D eigenvalue weighted by atomic mass is 79.9. The molecule has 2 fully saturated rings. The quantitative estimate of drug-likeness (QED) is 0.888. The summed E-state index contributed by atoms with van der Waals surface area (Å²) in [4.78, 5) is 2.52. The Balaban J connectivity index is 1.68. The lowest BCUT2D eigenvalue weighted by atomic mass is 9.78. The maximum atomic E-state index is 6.31. The first-order valence-electron chi connectivity index (χ1n) is 7.05. The standard InChI is InChI=1S/C15H20BrClN2/c16-12-5-4-11(14(17)6-12)8-19-7-10-2-1-3-15(18)13(10)9-19/h4-6,10,13,15H,1-3,7-9,18H2. The van der Waals surface area contributed by atoms with E-state index >= 15 is 0 Å². The minimum absolute atomic E-state index is 0.407. The summed E-state index contributed by atoms with van der Waals surface area (Å²) in [6.07, 6.45) is 3.85. The number of likely N-dealkylation sites (tertiary alicyclic amines) is 1. The first-order valence-corrected chi connectivity index (χ1v) is 8.22. The van der Waals surface area contributed by atoms with Crippen molar-refractivity contribution in [1.82, 2.24) is 4.90 Å². The third kappa shape index (κ3) is 2.99. The van der Waals surface area contributed by atoms with Crippen LogP contribution in [0.5, 0.6) is 0 Å². The Kier molecular flexibility index (Phi) is 4.18. The number of hydrogen-bond donors (Lipinski definition) is 1. The van der Waals surface area contributed by atoms with Gasteiger partial charge < -0.3 is 5.73 Å². The molecule has 19 heavy (non-hydrogen) atoms. The molecule has 1 aromatic carbocycles. The van der Waals surface area contributed by atoms with Crippen molar-refractivity contribution in [3.63, 3.8) is 0 Å². The van der Waals surface area contributed by atoms with E-state index in [1.54, 1.807) is 0 Å². The van der Waals surface area contributed by atoms with Gasteiger partial charge in [-0.2, -0.15) is 0 Å².